The molecule has 6 heterocycles. The number of ether oxygens (including phenoxy) is 13. The molecule has 0 unspecified atom stereocenters. The summed E-state index contributed by atoms with van der Waals surface area (Å²) in [6.45, 7) is 15.2. The van der Waals surface area contributed by atoms with E-state index in [1.165, 1.54) is 38.9 Å². The van der Waals surface area contributed by atoms with Gasteiger partial charge in [0.1, 0.15) is 42.5 Å². The maximum Gasteiger partial charge on any atom is 0.407 e. The minimum atomic E-state index is -4.09. The number of rotatable bonds is 29. The maximum atomic E-state index is 13.9. The predicted molar refractivity (Wildman–Crippen MR) is 354 cm³/mol. The number of fused-ring (bicyclic) bond motifs is 4. The third kappa shape index (κ3) is 21.5. The number of nitrogens with two attached hydrogens (primary N) is 1. The molecule has 28 nitrogen and oxygen atoms in total. The molecule has 0 aliphatic carbocycles. The van der Waals surface area contributed by atoms with Gasteiger partial charge < -0.3 is 93.5 Å². The highest BCUT2D eigenvalue weighted by molar-refractivity contribution is 7.89. The molecular formula is C67H98N6O22S2. The Morgan fingerprint density at radius 1 is 0.577 bits per heavy atom. The van der Waals surface area contributed by atoms with E-state index in [4.69, 9.17) is 67.3 Å². The summed E-state index contributed by atoms with van der Waals surface area (Å²) in [6, 6.07) is 21.2. The van der Waals surface area contributed by atoms with Crippen molar-refractivity contribution in [3.63, 3.8) is 0 Å². The number of amides is 3. The monoisotopic (exact) mass is 1400 g/mol. The fourth-order valence-corrected chi connectivity index (χ4v) is 14.7. The van der Waals surface area contributed by atoms with Gasteiger partial charge in [0, 0.05) is 44.9 Å². The van der Waals surface area contributed by atoms with Gasteiger partial charge in [-0.25, -0.2) is 31.2 Å². The SMILES string of the molecule is C.C.CC(C)CN(C[C@@H](O)[C@H](Cc1ccc(OCCN)cc1)NC(=O)O[C@@H]1CO[C@H]2OCC[C@H]21)S(=O)(=O)c1ccc2c(c1)OCO2.CC(C)CN(C[C@@H](O)[C@H](Cc1ccc(OCCNC(=O)OC(C)(C)C)cc1)NC(=O)O[C@@H]1CO[C@H]2OCC[C@H]21)S(=O)(=O)c1ccc2c(c1)OCO2. The van der Waals surface area contributed by atoms with Crippen molar-refractivity contribution in [1.29, 1.82) is 0 Å². The molecule has 10 rings (SSSR count). The van der Waals surface area contributed by atoms with Crippen LogP contribution in [0.5, 0.6) is 34.5 Å². The van der Waals surface area contributed by atoms with Gasteiger partial charge in [0.2, 0.25) is 33.6 Å². The molecule has 97 heavy (non-hydrogen) atoms. The average molecular weight is 1400 g/mol. The van der Waals surface area contributed by atoms with Crippen molar-refractivity contribution in [1.82, 2.24) is 24.6 Å². The maximum absolute atomic E-state index is 13.9. The van der Waals surface area contributed by atoms with Crippen LogP contribution < -0.4 is 50.1 Å². The summed E-state index contributed by atoms with van der Waals surface area (Å²) in [6.07, 6.45) is -4.69. The van der Waals surface area contributed by atoms with Gasteiger partial charge in [0.25, 0.3) is 0 Å². The van der Waals surface area contributed by atoms with Crippen molar-refractivity contribution >= 4 is 38.3 Å². The molecule has 0 aromatic heterocycles. The summed E-state index contributed by atoms with van der Waals surface area (Å²) >= 11 is 0. The first-order valence-corrected chi connectivity index (χ1v) is 34.9. The van der Waals surface area contributed by atoms with E-state index in [0.29, 0.717) is 67.3 Å². The predicted octanol–water partition coefficient (Wildman–Crippen LogP) is 6.56. The molecule has 4 fully saturated rings. The van der Waals surface area contributed by atoms with Crippen LogP contribution in [0.3, 0.4) is 0 Å². The third-order valence-corrected chi connectivity index (χ3v) is 19.7. The normalized spacial score (nSPS) is 21.1. The van der Waals surface area contributed by atoms with Crippen molar-refractivity contribution in [2.75, 3.05) is 92.5 Å². The fraction of sp³-hybridized carbons (Fsp3) is 0.597. The van der Waals surface area contributed by atoms with Crippen LogP contribution >= 0.6 is 0 Å². The lowest BCUT2D eigenvalue weighted by molar-refractivity contribution is -0.0909. The van der Waals surface area contributed by atoms with Crippen LogP contribution in [-0.4, -0.2) is 201 Å². The van der Waals surface area contributed by atoms with Crippen LogP contribution in [0.2, 0.25) is 0 Å². The lowest BCUT2D eigenvalue weighted by Crippen LogP contribution is -2.51. The first-order chi connectivity index (χ1) is 45.3. The number of benzene rings is 4. The molecule has 10 atom stereocenters. The highest BCUT2D eigenvalue weighted by atomic mass is 32.2. The molecule has 3 amide bonds. The number of sulfonamides is 2. The van der Waals surface area contributed by atoms with Crippen molar-refractivity contribution in [3.8, 4) is 34.5 Å². The van der Waals surface area contributed by atoms with Gasteiger partial charge in [-0.05, 0) is 118 Å². The van der Waals surface area contributed by atoms with Gasteiger partial charge in [0.15, 0.2) is 35.6 Å². The summed E-state index contributed by atoms with van der Waals surface area (Å²) in [5, 5.41) is 31.4. The van der Waals surface area contributed by atoms with Crippen LogP contribution in [0.1, 0.15) is 87.3 Å². The Bertz CT molecular complexity index is 3420. The molecule has 0 bridgehead atoms. The molecule has 4 saturated heterocycles. The molecule has 0 spiro atoms. The molecule has 4 aromatic rings. The Balaban J connectivity index is 0.000000271. The van der Waals surface area contributed by atoms with Crippen LogP contribution in [0.15, 0.2) is 94.7 Å². The van der Waals surface area contributed by atoms with Crippen LogP contribution in [-0.2, 0) is 66.0 Å². The first kappa shape index (κ1) is 77.4. The number of carbonyl (C=O) groups is 3. The highest BCUT2D eigenvalue weighted by Crippen LogP contribution is 2.38. The molecule has 0 radical (unpaired) electrons. The molecule has 30 heteroatoms. The molecule has 7 N–H and O–H groups in total. The number of nitrogens with one attached hydrogen (secondary N) is 3. The van der Waals surface area contributed by atoms with E-state index in [9.17, 15) is 41.4 Å². The number of alkyl carbamates (subject to hydrolysis) is 3. The van der Waals surface area contributed by atoms with Crippen LogP contribution in [0, 0.1) is 23.7 Å². The van der Waals surface area contributed by atoms with Crippen LogP contribution in [0.25, 0.3) is 0 Å². The Morgan fingerprint density at radius 3 is 1.39 bits per heavy atom. The Kier molecular flexibility index (Phi) is 28.1. The minimum Gasteiger partial charge on any atom is -0.492 e. The molecule has 540 valence electrons. The first-order valence-electron chi connectivity index (χ1n) is 32.0. The topological polar surface area (TPSA) is 349 Å². The van der Waals surface area contributed by atoms with E-state index in [1.54, 1.807) is 63.2 Å². The van der Waals surface area contributed by atoms with Gasteiger partial charge in [-0.3, -0.25) is 0 Å². The fourth-order valence-electron chi connectivity index (χ4n) is 11.5. The van der Waals surface area contributed by atoms with Crippen molar-refractivity contribution in [3.05, 3.63) is 96.1 Å². The second kappa shape index (κ2) is 35.2. The van der Waals surface area contributed by atoms with Gasteiger partial charge in [-0.2, -0.15) is 8.61 Å². The number of hydrogen-bond donors (Lipinski definition) is 6. The third-order valence-electron chi connectivity index (χ3n) is 16.1. The average Bonchev–Trinajstić information content (AvgIpc) is 1.62. The van der Waals surface area contributed by atoms with E-state index >= 15 is 0 Å². The lowest BCUT2D eigenvalue weighted by Gasteiger charge is -2.31. The number of hydrogen-bond acceptors (Lipinski definition) is 23. The zero-order chi connectivity index (χ0) is 68.0. The van der Waals surface area contributed by atoms with E-state index < -0.39 is 86.7 Å². The molecule has 0 saturated carbocycles. The Morgan fingerprint density at radius 2 is 0.990 bits per heavy atom. The summed E-state index contributed by atoms with van der Waals surface area (Å²) in [7, 11) is -8.15. The minimum absolute atomic E-state index is 0. The number of carbonyl (C=O) groups excluding carboxylic acids is 3. The quantitative estimate of drug-likeness (QED) is 0.0248. The number of nitrogens with zero attached hydrogens (tertiary/aromatic N) is 2. The van der Waals surface area contributed by atoms with Crippen LogP contribution in [0.4, 0.5) is 14.4 Å². The number of aliphatic hydroxyl groups excluding tert-OH is 2. The van der Waals surface area contributed by atoms with E-state index in [1.807, 2.05) is 39.8 Å². The largest absolute Gasteiger partial charge is 0.492 e. The molecule has 4 aromatic carbocycles. The highest BCUT2D eigenvalue weighted by Gasteiger charge is 2.46. The van der Waals surface area contributed by atoms with Gasteiger partial charge >= 0.3 is 18.3 Å². The molecular weight excluding hydrogens is 1300 g/mol. The van der Waals surface area contributed by atoms with E-state index in [-0.39, 0.29) is 134 Å². The zero-order valence-corrected chi connectivity index (χ0v) is 56.2. The zero-order valence-electron chi connectivity index (χ0n) is 54.6. The van der Waals surface area contributed by atoms with Crippen molar-refractivity contribution in [2.45, 2.75) is 153 Å². The lowest BCUT2D eigenvalue weighted by atomic mass is 10.0. The second-order valence-electron chi connectivity index (χ2n) is 25.6. The van der Waals surface area contributed by atoms with Crippen molar-refractivity contribution in [2.24, 2.45) is 29.4 Å². The molecule has 6 aliphatic rings. The van der Waals surface area contributed by atoms with Gasteiger partial charge in [-0.15, -0.1) is 0 Å². The Labute approximate surface area is 569 Å². The Hall–Kier alpha value is -6.97. The smallest absolute Gasteiger partial charge is 0.407 e. The summed E-state index contributed by atoms with van der Waals surface area (Å²) < 4.78 is 130. The molecule has 6 aliphatic heterocycles. The van der Waals surface area contributed by atoms with Crippen molar-refractivity contribution < 1.29 is 103 Å². The van der Waals surface area contributed by atoms with E-state index in [2.05, 4.69) is 16.0 Å². The van der Waals surface area contributed by atoms with E-state index in [0.717, 1.165) is 17.5 Å². The summed E-state index contributed by atoms with van der Waals surface area (Å²) in [5.41, 5.74) is 6.44. The van der Waals surface area contributed by atoms with Gasteiger partial charge in [-0.1, -0.05) is 66.8 Å². The second-order valence-corrected chi connectivity index (χ2v) is 29.5. The van der Waals surface area contributed by atoms with Gasteiger partial charge in [0.05, 0.1) is 78.9 Å². The summed E-state index contributed by atoms with van der Waals surface area (Å²) in [4.78, 5) is 38.3. The standard InChI is InChI=1S/C35H49N3O12S.C30H41N3O10S.2CH4/c1-22(2)18-38(51(42,43)25-10-11-29-30(17-25)48-21-47-29)19-28(39)27(37-34(41)49-31-20-46-32-26(31)12-14-45-32)16-23-6-8-24(9-7-23)44-15-13-36-33(40)50-35(3,4)5;1-19(2)15-33(44(36,37)22-7-8-26-27(14-22)42-18-41-26)16-25(34)24(13-20-3-5-21(6-4-20)38-12-10-31)32-30(35)43-28-17-40-29-23(28)9-11-39-29;;/h6-11,17,22,26-28,31-32,39H,12-16,18-21H2,1-5H3,(H,36,40)(H,37,41);3-8,14,19,23-25,28-29,34H,9-13,15-18,31H2,1-2H3,(H,32,35);2*1H4/t26-,27-,28+,31+,32+;23-,24-,25+,28+,29+;;/m00../s1. The number of aliphatic hydroxyl groups is 2. The summed E-state index contributed by atoms with van der Waals surface area (Å²) in [5.74, 6) is 2.48.